The number of hydrogen-bond donors (Lipinski definition) is 3. The molecule has 0 saturated heterocycles. The van der Waals surface area contributed by atoms with Gasteiger partial charge in [0.05, 0.1) is 18.8 Å². The molecule has 3 amide bonds. The number of thioether (sulfide) groups is 1. The molecule has 0 atom stereocenters. The Hall–Kier alpha value is -3.67. The predicted octanol–water partition coefficient (Wildman–Crippen LogP) is -0.471. The Balaban J connectivity index is 2.13. The van der Waals surface area contributed by atoms with Gasteiger partial charge in [-0.1, -0.05) is 48.7 Å². The van der Waals surface area contributed by atoms with Crippen LogP contribution >= 0.6 is 11.8 Å². The Morgan fingerprint density at radius 2 is 1.41 bits per heavy atom. The summed E-state index contributed by atoms with van der Waals surface area (Å²) in [6.07, 6.45) is 0. The van der Waals surface area contributed by atoms with Crippen molar-refractivity contribution in [1.82, 2.24) is 16.0 Å². The van der Waals surface area contributed by atoms with Crippen LogP contribution in [0.2, 0.25) is 0 Å². The average Bonchev–Trinajstić information content (AvgIpc) is 2.78. The molecule has 0 aliphatic rings. The SMILES string of the molecule is C=C(C)C(=O)OCOC(=O)CNC(=O)CNC(=O)CNC(=O)CSC(=O)c1ccccc1. The minimum atomic E-state index is -0.853. The van der Waals surface area contributed by atoms with Crippen LogP contribution in [0.5, 0.6) is 0 Å². The average molecular weight is 465 g/mol. The highest BCUT2D eigenvalue weighted by Crippen LogP contribution is 2.11. The third-order valence-corrected chi connectivity index (χ3v) is 4.33. The number of nitrogens with one attached hydrogen (secondary N) is 3. The maximum absolute atomic E-state index is 11.9. The first kappa shape index (κ1) is 26.4. The number of ether oxygens (including phenoxy) is 2. The van der Waals surface area contributed by atoms with Crippen LogP contribution in [-0.2, 0) is 33.4 Å². The number of esters is 2. The first-order chi connectivity index (χ1) is 15.2. The number of rotatable bonds is 12. The van der Waals surface area contributed by atoms with E-state index < -0.39 is 49.5 Å². The van der Waals surface area contributed by atoms with Crippen molar-refractivity contribution in [3.8, 4) is 0 Å². The fraction of sp³-hybridized carbons (Fsp3) is 0.300. The molecule has 0 aromatic heterocycles. The second-order valence-corrected chi connectivity index (χ2v) is 7.07. The maximum atomic E-state index is 11.9. The van der Waals surface area contributed by atoms with Crippen molar-refractivity contribution in [2.24, 2.45) is 0 Å². The molecule has 0 heterocycles. The second-order valence-electron chi connectivity index (χ2n) is 6.12. The summed E-state index contributed by atoms with van der Waals surface area (Å²) in [4.78, 5) is 69.4. The highest BCUT2D eigenvalue weighted by Gasteiger charge is 2.12. The van der Waals surface area contributed by atoms with Gasteiger partial charge in [-0.25, -0.2) is 4.79 Å². The summed E-state index contributed by atoms with van der Waals surface area (Å²) in [5.41, 5.74) is 0.603. The van der Waals surface area contributed by atoms with Gasteiger partial charge in [0.2, 0.25) is 29.6 Å². The molecule has 1 rings (SSSR count). The first-order valence-electron chi connectivity index (χ1n) is 9.19. The maximum Gasteiger partial charge on any atom is 0.335 e. The van der Waals surface area contributed by atoms with Gasteiger partial charge in [0.15, 0.2) is 0 Å². The van der Waals surface area contributed by atoms with Gasteiger partial charge in [-0.3, -0.25) is 24.0 Å². The zero-order chi connectivity index (χ0) is 23.9. The summed E-state index contributed by atoms with van der Waals surface area (Å²) >= 11 is 0.803. The normalized spacial score (nSPS) is 9.78. The summed E-state index contributed by atoms with van der Waals surface area (Å²) in [7, 11) is 0. The summed E-state index contributed by atoms with van der Waals surface area (Å²) in [6.45, 7) is 2.84. The molecule has 0 spiro atoms. The molecular weight excluding hydrogens is 442 g/mol. The molecule has 172 valence electrons. The van der Waals surface area contributed by atoms with Gasteiger partial charge in [-0.2, -0.15) is 0 Å². The Labute approximate surface area is 188 Å². The van der Waals surface area contributed by atoms with Crippen LogP contribution in [0.25, 0.3) is 0 Å². The zero-order valence-electron chi connectivity index (χ0n) is 17.3. The molecule has 0 fully saturated rings. The minimum absolute atomic E-state index is 0.140. The van der Waals surface area contributed by atoms with Gasteiger partial charge in [-0.05, 0) is 6.92 Å². The van der Waals surface area contributed by atoms with E-state index >= 15 is 0 Å². The van der Waals surface area contributed by atoms with Crippen molar-refractivity contribution in [1.29, 1.82) is 0 Å². The number of hydrogen-bond acceptors (Lipinski definition) is 9. The van der Waals surface area contributed by atoms with Crippen LogP contribution in [0, 0.1) is 0 Å². The van der Waals surface area contributed by atoms with E-state index in [-0.39, 0.29) is 23.0 Å². The molecule has 32 heavy (non-hydrogen) atoms. The topological polar surface area (TPSA) is 157 Å². The van der Waals surface area contributed by atoms with Crippen molar-refractivity contribution in [3.05, 3.63) is 48.0 Å². The molecule has 12 heteroatoms. The molecule has 3 N–H and O–H groups in total. The molecule has 0 radical (unpaired) electrons. The molecule has 11 nitrogen and oxygen atoms in total. The summed E-state index contributed by atoms with van der Waals surface area (Å²) in [5.74, 6) is -3.57. The quantitative estimate of drug-likeness (QED) is 0.211. The smallest absolute Gasteiger partial charge is 0.335 e. The summed E-state index contributed by atoms with van der Waals surface area (Å²) < 4.78 is 9.13. The van der Waals surface area contributed by atoms with E-state index in [1.165, 1.54) is 6.92 Å². The van der Waals surface area contributed by atoms with Crippen LogP contribution < -0.4 is 16.0 Å². The lowest BCUT2D eigenvalue weighted by Crippen LogP contribution is -2.43. The third kappa shape index (κ3) is 11.5. The van der Waals surface area contributed by atoms with Crippen molar-refractivity contribution >= 4 is 46.5 Å². The first-order valence-corrected chi connectivity index (χ1v) is 10.2. The monoisotopic (exact) mass is 465 g/mol. The van der Waals surface area contributed by atoms with Crippen LogP contribution in [0.3, 0.4) is 0 Å². The molecule has 1 aromatic carbocycles. The van der Waals surface area contributed by atoms with Crippen LogP contribution in [0.4, 0.5) is 0 Å². The van der Waals surface area contributed by atoms with Gasteiger partial charge in [-0.15, -0.1) is 0 Å². The fourth-order valence-corrected chi connectivity index (χ4v) is 2.48. The van der Waals surface area contributed by atoms with Crippen LogP contribution in [-0.4, -0.2) is 67.0 Å². The van der Waals surface area contributed by atoms with E-state index in [2.05, 4.69) is 32.0 Å². The fourth-order valence-electron chi connectivity index (χ4n) is 1.82. The molecule has 0 unspecified atom stereocenters. The van der Waals surface area contributed by atoms with Crippen molar-refractivity contribution in [2.45, 2.75) is 6.92 Å². The molecule has 0 aliphatic carbocycles. The van der Waals surface area contributed by atoms with E-state index in [0.717, 1.165) is 11.8 Å². The number of carbonyl (C=O) groups is 6. The molecular formula is C20H23N3O8S. The lowest BCUT2D eigenvalue weighted by atomic mass is 10.2. The van der Waals surface area contributed by atoms with E-state index in [1.807, 2.05) is 0 Å². The number of amides is 3. The second kappa shape index (κ2) is 14.4. The molecule has 1 aromatic rings. The van der Waals surface area contributed by atoms with E-state index in [0.29, 0.717) is 5.56 Å². The van der Waals surface area contributed by atoms with Gasteiger partial charge < -0.3 is 25.4 Å². The van der Waals surface area contributed by atoms with Crippen molar-refractivity contribution < 1.29 is 38.2 Å². The van der Waals surface area contributed by atoms with Crippen molar-refractivity contribution in [3.63, 3.8) is 0 Å². The van der Waals surface area contributed by atoms with Gasteiger partial charge in [0.1, 0.15) is 6.54 Å². The molecule has 0 bridgehead atoms. The van der Waals surface area contributed by atoms with Crippen molar-refractivity contribution in [2.75, 3.05) is 32.2 Å². The predicted molar refractivity (Wildman–Crippen MR) is 114 cm³/mol. The molecule has 0 aliphatic heterocycles. The summed E-state index contributed by atoms with van der Waals surface area (Å²) in [6, 6.07) is 8.44. The lowest BCUT2D eigenvalue weighted by Gasteiger charge is -2.08. The highest BCUT2D eigenvalue weighted by atomic mass is 32.2. The van der Waals surface area contributed by atoms with Crippen LogP contribution in [0.15, 0.2) is 42.5 Å². The Bertz CT molecular complexity index is 873. The standard InChI is InChI=1S/C20H23N3O8S/c1-13(2)19(28)31-12-30-18(27)10-23-16(25)8-21-15(24)9-22-17(26)11-32-20(29)14-6-4-3-5-7-14/h3-7H,1,8-12H2,2H3,(H,21,24)(H,22,26)(H,23,25). The van der Waals surface area contributed by atoms with E-state index in [1.54, 1.807) is 30.3 Å². The van der Waals surface area contributed by atoms with Crippen LogP contribution in [0.1, 0.15) is 17.3 Å². The highest BCUT2D eigenvalue weighted by molar-refractivity contribution is 8.14. The van der Waals surface area contributed by atoms with E-state index in [9.17, 15) is 28.8 Å². The Kier molecular flexibility index (Phi) is 11.8. The Morgan fingerprint density at radius 3 is 2.00 bits per heavy atom. The third-order valence-electron chi connectivity index (χ3n) is 3.42. The largest absolute Gasteiger partial charge is 0.427 e. The van der Waals surface area contributed by atoms with Gasteiger partial charge >= 0.3 is 11.9 Å². The zero-order valence-corrected chi connectivity index (χ0v) is 18.1. The van der Waals surface area contributed by atoms with Gasteiger partial charge in [0.25, 0.3) is 0 Å². The minimum Gasteiger partial charge on any atom is -0.427 e. The lowest BCUT2D eigenvalue weighted by molar-refractivity contribution is -0.164. The Morgan fingerprint density at radius 1 is 0.844 bits per heavy atom. The molecule has 0 saturated carbocycles. The summed E-state index contributed by atoms with van der Waals surface area (Å²) in [5, 5.41) is 6.51. The van der Waals surface area contributed by atoms with Gasteiger partial charge in [0, 0.05) is 11.1 Å². The number of carbonyl (C=O) groups excluding carboxylic acids is 6. The van der Waals surface area contributed by atoms with E-state index in [4.69, 9.17) is 0 Å². The number of benzene rings is 1.